The second-order valence-electron chi connectivity index (χ2n) is 2.22. The second-order valence-corrected chi connectivity index (χ2v) is 2.22. The normalized spacial score (nSPS) is 13.5. The van der Waals surface area contributed by atoms with Crippen LogP contribution >= 0.6 is 0 Å². The average molecular weight is 141 g/mol. The Hall–Kier alpha value is -0.800. The van der Waals surface area contributed by atoms with E-state index in [0.717, 1.165) is 5.56 Å². The molecule has 0 radical (unpaired) electrons. The van der Waals surface area contributed by atoms with Crippen LogP contribution in [0.1, 0.15) is 17.4 Å². The highest BCUT2D eigenvalue weighted by molar-refractivity contribution is 5.16. The molecule has 0 aliphatic rings. The maximum Gasteiger partial charge on any atom is 0.136 e. The molecule has 1 aromatic heterocycles. The van der Waals surface area contributed by atoms with Gasteiger partial charge in [0.1, 0.15) is 11.9 Å². The van der Waals surface area contributed by atoms with Crippen molar-refractivity contribution in [3.63, 3.8) is 0 Å². The summed E-state index contributed by atoms with van der Waals surface area (Å²) in [6.07, 6.45) is 0.888. The molecule has 3 N–H and O–H groups in total. The summed E-state index contributed by atoms with van der Waals surface area (Å²) >= 11 is 0. The van der Waals surface area contributed by atoms with Crippen molar-refractivity contribution in [3.8, 4) is 0 Å². The molecule has 0 aliphatic carbocycles. The highest BCUT2D eigenvalue weighted by atomic mass is 16.4. The quantitative estimate of drug-likeness (QED) is 0.633. The van der Waals surface area contributed by atoms with Gasteiger partial charge in [-0.3, -0.25) is 0 Å². The smallest absolute Gasteiger partial charge is 0.136 e. The Bertz CT molecular complexity index is 207. The van der Waals surface area contributed by atoms with Crippen molar-refractivity contribution in [2.45, 2.75) is 13.0 Å². The monoisotopic (exact) mass is 141 g/mol. The number of hydrogen-bond acceptors (Lipinski definition) is 3. The molecule has 0 bridgehead atoms. The fourth-order valence-electron chi connectivity index (χ4n) is 0.833. The Morgan fingerprint density at radius 2 is 2.50 bits per heavy atom. The van der Waals surface area contributed by atoms with E-state index in [-0.39, 0.29) is 6.54 Å². The van der Waals surface area contributed by atoms with Crippen LogP contribution in [0.3, 0.4) is 0 Å². The van der Waals surface area contributed by atoms with Crippen molar-refractivity contribution in [2.75, 3.05) is 6.54 Å². The number of aliphatic hydroxyl groups is 1. The number of rotatable bonds is 2. The van der Waals surface area contributed by atoms with Crippen LogP contribution in [0.25, 0.3) is 0 Å². The van der Waals surface area contributed by atoms with E-state index < -0.39 is 6.10 Å². The van der Waals surface area contributed by atoms with E-state index in [9.17, 15) is 5.11 Å². The first kappa shape index (κ1) is 7.31. The van der Waals surface area contributed by atoms with E-state index in [1.807, 2.05) is 6.92 Å². The molecule has 1 heterocycles. The van der Waals surface area contributed by atoms with Crippen LogP contribution in [0.2, 0.25) is 0 Å². The summed E-state index contributed by atoms with van der Waals surface area (Å²) in [6, 6.07) is 1.80. The summed E-state index contributed by atoms with van der Waals surface area (Å²) in [5.41, 5.74) is 6.16. The topological polar surface area (TPSA) is 59.4 Å². The van der Waals surface area contributed by atoms with Crippen LogP contribution in [0.15, 0.2) is 16.7 Å². The van der Waals surface area contributed by atoms with Gasteiger partial charge in [0, 0.05) is 6.54 Å². The summed E-state index contributed by atoms with van der Waals surface area (Å²) in [6.45, 7) is 2.08. The van der Waals surface area contributed by atoms with Gasteiger partial charge in [0.25, 0.3) is 0 Å². The van der Waals surface area contributed by atoms with Crippen LogP contribution in [0.5, 0.6) is 0 Å². The van der Waals surface area contributed by atoms with E-state index >= 15 is 0 Å². The van der Waals surface area contributed by atoms with E-state index in [0.29, 0.717) is 5.76 Å². The molecular formula is C7H11NO2. The molecule has 0 aromatic carbocycles. The number of aliphatic hydroxyl groups excluding tert-OH is 1. The van der Waals surface area contributed by atoms with Gasteiger partial charge >= 0.3 is 0 Å². The number of hydrogen-bond donors (Lipinski definition) is 2. The summed E-state index contributed by atoms with van der Waals surface area (Å²) in [4.78, 5) is 0. The molecule has 3 heteroatoms. The number of nitrogens with two attached hydrogens (primary N) is 1. The lowest BCUT2D eigenvalue weighted by molar-refractivity contribution is 0.157. The maximum atomic E-state index is 9.18. The molecule has 1 atom stereocenters. The van der Waals surface area contributed by atoms with Gasteiger partial charge < -0.3 is 15.3 Å². The molecule has 0 saturated heterocycles. The predicted octanol–water partition coefficient (Wildman–Crippen LogP) is 0.580. The molecule has 3 nitrogen and oxygen atoms in total. The lowest BCUT2D eigenvalue weighted by atomic mass is 10.2. The van der Waals surface area contributed by atoms with Crippen LogP contribution < -0.4 is 5.73 Å². The molecule has 1 rings (SSSR count). The van der Waals surface area contributed by atoms with Crippen LogP contribution in [-0.2, 0) is 0 Å². The number of furan rings is 1. The van der Waals surface area contributed by atoms with Crippen molar-refractivity contribution in [3.05, 3.63) is 23.7 Å². The predicted molar refractivity (Wildman–Crippen MR) is 37.5 cm³/mol. The minimum absolute atomic E-state index is 0.203. The molecule has 0 spiro atoms. The van der Waals surface area contributed by atoms with Crippen molar-refractivity contribution in [1.29, 1.82) is 0 Å². The van der Waals surface area contributed by atoms with Crippen LogP contribution in [0.4, 0.5) is 0 Å². The lowest BCUT2D eigenvalue weighted by Gasteiger charge is -2.03. The van der Waals surface area contributed by atoms with Gasteiger partial charge in [-0.25, -0.2) is 0 Å². The highest BCUT2D eigenvalue weighted by Crippen LogP contribution is 2.16. The summed E-state index contributed by atoms with van der Waals surface area (Å²) < 4.78 is 4.99. The van der Waals surface area contributed by atoms with Gasteiger partial charge in [-0.05, 0) is 18.6 Å². The molecular weight excluding hydrogens is 130 g/mol. The molecule has 10 heavy (non-hydrogen) atoms. The molecule has 1 aromatic rings. The average Bonchev–Trinajstić information content (AvgIpc) is 2.34. The van der Waals surface area contributed by atoms with Crippen molar-refractivity contribution >= 4 is 0 Å². The van der Waals surface area contributed by atoms with E-state index in [1.165, 1.54) is 0 Å². The summed E-state index contributed by atoms with van der Waals surface area (Å²) in [5.74, 6) is 0.572. The summed E-state index contributed by atoms with van der Waals surface area (Å²) in [7, 11) is 0. The zero-order chi connectivity index (χ0) is 7.56. The minimum atomic E-state index is -0.657. The maximum absolute atomic E-state index is 9.18. The fraction of sp³-hybridized carbons (Fsp3) is 0.429. The Morgan fingerprint density at radius 1 is 1.80 bits per heavy atom. The largest absolute Gasteiger partial charge is 0.466 e. The second kappa shape index (κ2) is 2.86. The van der Waals surface area contributed by atoms with Crippen LogP contribution in [0, 0.1) is 6.92 Å². The Kier molecular flexibility index (Phi) is 2.09. The standard InChI is InChI=1S/C7H11NO2/c1-5-2-3-10-7(5)6(9)4-8/h2-3,6,9H,4,8H2,1H3/t6-/m0/s1. The molecule has 56 valence electrons. The van der Waals surface area contributed by atoms with E-state index in [2.05, 4.69) is 0 Å². The van der Waals surface area contributed by atoms with Gasteiger partial charge in [0.15, 0.2) is 0 Å². The van der Waals surface area contributed by atoms with Gasteiger partial charge in [0.2, 0.25) is 0 Å². The molecule has 0 fully saturated rings. The van der Waals surface area contributed by atoms with Gasteiger partial charge in [-0.1, -0.05) is 0 Å². The third-order valence-corrected chi connectivity index (χ3v) is 1.43. The zero-order valence-electron chi connectivity index (χ0n) is 5.87. The number of aryl methyl sites for hydroxylation is 1. The third kappa shape index (κ3) is 1.20. The first-order valence-corrected chi connectivity index (χ1v) is 3.18. The van der Waals surface area contributed by atoms with Gasteiger partial charge in [-0.2, -0.15) is 0 Å². The molecule has 0 amide bonds. The first-order valence-electron chi connectivity index (χ1n) is 3.18. The van der Waals surface area contributed by atoms with Gasteiger partial charge in [0.05, 0.1) is 6.26 Å². The Balaban J connectivity index is 2.82. The summed E-state index contributed by atoms with van der Waals surface area (Å²) in [5, 5.41) is 9.18. The molecule has 0 saturated carbocycles. The first-order chi connectivity index (χ1) is 4.75. The molecule has 0 aliphatic heterocycles. The van der Waals surface area contributed by atoms with Crippen LogP contribution in [-0.4, -0.2) is 11.7 Å². The van der Waals surface area contributed by atoms with E-state index in [1.54, 1.807) is 12.3 Å². The van der Waals surface area contributed by atoms with E-state index in [4.69, 9.17) is 10.2 Å². The SMILES string of the molecule is Cc1ccoc1[C@@H](O)CN. The zero-order valence-corrected chi connectivity index (χ0v) is 5.87. The van der Waals surface area contributed by atoms with Crippen molar-refractivity contribution in [2.24, 2.45) is 5.73 Å². The minimum Gasteiger partial charge on any atom is -0.466 e. The molecule has 0 unspecified atom stereocenters. The van der Waals surface area contributed by atoms with Crippen molar-refractivity contribution < 1.29 is 9.52 Å². The lowest BCUT2D eigenvalue weighted by Crippen LogP contribution is -2.11. The van der Waals surface area contributed by atoms with Crippen molar-refractivity contribution in [1.82, 2.24) is 0 Å². The Labute approximate surface area is 59.5 Å². The van der Waals surface area contributed by atoms with Gasteiger partial charge in [-0.15, -0.1) is 0 Å². The third-order valence-electron chi connectivity index (χ3n) is 1.43. The fourth-order valence-corrected chi connectivity index (χ4v) is 0.833. The Morgan fingerprint density at radius 3 is 2.90 bits per heavy atom. The highest BCUT2D eigenvalue weighted by Gasteiger charge is 2.10.